The van der Waals surface area contributed by atoms with E-state index in [0.29, 0.717) is 19.3 Å². The molecule has 1 aliphatic rings. The summed E-state index contributed by atoms with van der Waals surface area (Å²) in [7, 11) is 0. The largest absolute Gasteiger partial charge is 0.391 e. The molecule has 1 saturated carbocycles. The molecule has 0 spiro atoms. The zero-order chi connectivity index (χ0) is 16.5. The van der Waals surface area contributed by atoms with Gasteiger partial charge in [-0.15, -0.1) is 0 Å². The van der Waals surface area contributed by atoms with Gasteiger partial charge in [0.2, 0.25) is 0 Å². The van der Waals surface area contributed by atoms with Gasteiger partial charge in [-0.1, -0.05) is 20.8 Å². The molecule has 0 aromatic carbocycles. The number of alkyl halides is 3. The molecule has 0 aliphatic heterocycles. The average Bonchev–Trinajstić information content (AvgIpc) is 2.34. The molecule has 0 aromatic rings. The maximum absolute atomic E-state index is 12.6. The molecule has 0 amide bonds. The highest BCUT2D eigenvalue weighted by Crippen LogP contribution is 2.41. The van der Waals surface area contributed by atoms with Crippen LogP contribution in [0, 0.1) is 17.3 Å². The van der Waals surface area contributed by atoms with E-state index in [-0.39, 0.29) is 30.0 Å². The molecule has 1 rings (SSSR count). The first kappa shape index (κ1) is 18.5. The fourth-order valence-corrected chi connectivity index (χ4v) is 2.91. The van der Waals surface area contributed by atoms with Crippen molar-refractivity contribution >= 4 is 5.78 Å². The lowest BCUT2D eigenvalue weighted by molar-refractivity contribution is -0.184. The summed E-state index contributed by atoms with van der Waals surface area (Å²) in [5, 5.41) is 0. The highest BCUT2D eigenvalue weighted by atomic mass is 19.4. The van der Waals surface area contributed by atoms with Crippen molar-refractivity contribution in [1.29, 1.82) is 0 Å². The summed E-state index contributed by atoms with van der Waals surface area (Å²) < 4.78 is 37.9. The van der Waals surface area contributed by atoms with Crippen LogP contribution in [0.4, 0.5) is 13.2 Å². The minimum Gasteiger partial charge on any atom is -0.319 e. The topological polar surface area (TPSA) is 43.1 Å². The lowest BCUT2D eigenvalue weighted by Crippen LogP contribution is -2.49. The van der Waals surface area contributed by atoms with Gasteiger partial charge in [0.15, 0.2) is 5.78 Å². The van der Waals surface area contributed by atoms with Crippen molar-refractivity contribution in [1.82, 2.24) is 0 Å². The number of carbonyl (C=O) groups excluding carboxylic acids is 1. The highest BCUT2D eigenvalue weighted by Gasteiger charge is 2.44. The summed E-state index contributed by atoms with van der Waals surface area (Å²) in [6, 6.07) is 0. The molecule has 0 saturated heterocycles. The van der Waals surface area contributed by atoms with Gasteiger partial charge >= 0.3 is 6.18 Å². The Kier molecular flexibility index (Phi) is 5.51. The van der Waals surface area contributed by atoms with Crippen LogP contribution in [-0.4, -0.2) is 17.5 Å². The molecule has 1 fully saturated rings. The Balaban J connectivity index is 2.56. The van der Waals surface area contributed by atoms with E-state index in [1.54, 1.807) is 6.92 Å². The van der Waals surface area contributed by atoms with Gasteiger partial charge in [-0.3, -0.25) is 4.79 Å². The van der Waals surface area contributed by atoms with E-state index in [1.165, 1.54) is 0 Å². The molecule has 124 valence electrons. The molecule has 0 heterocycles. The van der Waals surface area contributed by atoms with Crippen LogP contribution in [0.3, 0.4) is 0 Å². The van der Waals surface area contributed by atoms with Crippen LogP contribution in [0.15, 0.2) is 0 Å². The molecule has 1 atom stereocenters. The normalized spacial score (nSPS) is 27.2. The molecule has 1 unspecified atom stereocenters. The zero-order valence-electron chi connectivity index (χ0n) is 13.5. The third-order valence-corrected chi connectivity index (χ3v) is 4.52. The molecular formula is C16H28F3NO. The van der Waals surface area contributed by atoms with Gasteiger partial charge in [-0.2, -0.15) is 13.2 Å². The Hall–Kier alpha value is -0.580. The second kappa shape index (κ2) is 6.27. The maximum Gasteiger partial charge on any atom is 0.391 e. The average molecular weight is 307 g/mol. The number of ketones is 1. The summed E-state index contributed by atoms with van der Waals surface area (Å²) >= 11 is 0. The molecule has 2 N–H and O–H groups in total. The number of rotatable bonds is 4. The first-order valence-corrected chi connectivity index (χ1v) is 7.73. The van der Waals surface area contributed by atoms with Gasteiger partial charge in [0.25, 0.3) is 0 Å². The lowest BCUT2D eigenvalue weighted by atomic mass is 9.73. The standard InChI is InChI=1S/C16H28F3NO/c1-14(2,3)9-10-15(4,20)13(21)11-5-7-12(8-6-11)16(17,18)19/h11-12H,5-10,20H2,1-4H3. The predicted octanol–water partition coefficient (Wildman–Crippen LogP) is 4.47. The van der Waals surface area contributed by atoms with Crippen LogP contribution in [0.2, 0.25) is 0 Å². The first-order chi connectivity index (χ1) is 9.33. The van der Waals surface area contributed by atoms with Gasteiger partial charge < -0.3 is 5.73 Å². The van der Waals surface area contributed by atoms with Crippen molar-refractivity contribution < 1.29 is 18.0 Å². The molecule has 5 heteroatoms. The quantitative estimate of drug-likeness (QED) is 0.833. The van der Waals surface area contributed by atoms with Gasteiger partial charge in [0, 0.05) is 5.92 Å². The summed E-state index contributed by atoms with van der Waals surface area (Å²) in [4.78, 5) is 12.5. The second-order valence-electron chi connectivity index (χ2n) is 7.93. The van der Waals surface area contributed by atoms with Crippen molar-refractivity contribution in [2.75, 3.05) is 0 Å². The highest BCUT2D eigenvalue weighted by molar-refractivity contribution is 5.89. The molecule has 0 bridgehead atoms. The zero-order valence-corrected chi connectivity index (χ0v) is 13.5. The van der Waals surface area contributed by atoms with Crippen LogP contribution < -0.4 is 5.73 Å². The predicted molar refractivity (Wildman–Crippen MR) is 77.8 cm³/mol. The summed E-state index contributed by atoms with van der Waals surface area (Å²) in [6.07, 6.45) is -2.01. The molecule has 0 radical (unpaired) electrons. The second-order valence-corrected chi connectivity index (χ2v) is 7.93. The van der Waals surface area contributed by atoms with Gasteiger partial charge in [0.05, 0.1) is 11.5 Å². The number of nitrogens with two attached hydrogens (primary N) is 1. The van der Waals surface area contributed by atoms with E-state index < -0.39 is 17.6 Å². The monoisotopic (exact) mass is 307 g/mol. The van der Waals surface area contributed by atoms with Crippen molar-refractivity contribution in [3.63, 3.8) is 0 Å². The Morgan fingerprint density at radius 3 is 1.86 bits per heavy atom. The third kappa shape index (κ3) is 5.61. The van der Waals surface area contributed by atoms with Crippen LogP contribution in [-0.2, 0) is 4.79 Å². The van der Waals surface area contributed by atoms with Gasteiger partial charge in [-0.25, -0.2) is 0 Å². The van der Waals surface area contributed by atoms with Crippen LogP contribution in [0.25, 0.3) is 0 Å². The molecular weight excluding hydrogens is 279 g/mol. The summed E-state index contributed by atoms with van der Waals surface area (Å²) in [6.45, 7) is 7.98. The Morgan fingerprint density at radius 2 is 1.48 bits per heavy atom. The van der Waals surface area contributed by atoms with Gasteiger partial charge in [0.1, 0.15) is 0 Å². The van der Waals surface area contributed by atoms with Crippen LogP contribution in [0.5, 0.6) is 0 Å². The van der Waals surface area contributed by atoms with Crippen molar-refractivity contribution in [2.24, 2.45) is 23.0 Å². The minimum absolute atomic E-state index is 0.0509. The fraction of sp³-hybridized carbons (Fsp3) is 0.938. The van der Waals surface area contributed by atoms with Crippen molar-refractivity contribution in [3.05, 3.63) is 0 Å². The van der Waals surface area contributed by atoms with Crippen molar-refractivity contribution in [2.45, 2.75) is 77.9 Å². The number of Topliss-reactive ketones (excluding diaryl/α,β-unsaturated/α-hetero) is 1. The lowest BCUT2D eigenvalue weighted by Gasteiger charge is -2.34. The third-order valence-electron chi connectivity index (χ3n) is 4.52. The molecule has 2 nitrogen and oxygen atoms in total. The van der Waals surface area contributed by atoms with E-state index >= 15 is 0 Å². The number of carbonyl (C=O) groups is 1. The van der Waals surface area contributed by atoms with Crippen molar-refractivity contribution in [3.8, 4) is 0 Å². The Bertz CT molecular complexity index is 361. The van der Waals surface area contributed by atoms with Crippen LogP contribution in [0.1, 0.15) is 66.2 Å². The van der Waals surface area contributed by atoms with E-state index in [0.717, 1.165) is 6.42 Å². The van der Waals surface area contributed by atoms with Gasteiger partial charge in [-0.05, 0) is 50.9 Å². The van der Waals surface area contributed by atoms with E-state index in [1.807, 2.05) is 0 Å². The minimum atomic E-state index is -4.13. The fourth-order valence-electron chi connectivity index (χ4n) is 2.91. The number of hydrogen-bond acceptors (Lipinski definition) is 2. The van der Waals surface area contributed by atoms with Crippen LogP contribution >= 0.6 is 0 Å². The summed E-state index contributed by atoms with van der Waals surface area (Å²) in [5.74, 6) is -1.62. The maximum atomic E-state index is 12.6. The number of hydrogen-bond donors (Lipinski definition) is 1. The van der Waals surface area contributed by atoms with E-state index in [9.17, 15) is 18.0 Å². The smallest absolute Gasteiger partial charge is 0.319 e. The van der Waals surface area contributed by atoms with E-state index in [2.05, 4.69) is 20.8 Å². The SMILES string of the molecule is CC(C)(C)CCC(C)(N)C(=O)C1CCC(C(F)(F)F)CC1. The molecule has 0 aromatic heterocycles. The Labute approximate surface area is 125 Å². The van der Waals surface area contributed by atoms with E-state index in [4.69, 9.17) is 5.73 Å². The summed E-state index contributed by atoms with van der Waals surface area (Å²) in [5.41, 5.74) is 5.31. The Morgan fingerprint density at radius 1 is 1.00 bits per heavy atom. The molecule has 1 aliphatic carbocycles. The molecule has 21 heavy (non-hydrogen) atoms. The first-order valence-electron chi connectivity index (χ1n) is 7.73. The number of halogens is 3.